The summed E-state index contributed by atoms with van der Waals surface area (Å²) in [5, 5.41) is -0.204. The zero-order valence-corrected chi connectivity index (χ0v) is 5.29. The van der Waals surface area contributed by atoms with Crippen molar-refractivity contribution in [1.29, 1.82) is 0 Å². The second-order valence-electron chi connectivity index (χ2n) is 1.61. The van der Waals surface area contributed by atoms with Crippen molar-refractivity contribution in [2.75, 3.05) is 20.6 Å². The lowest BCUT2D eigenvalue weighted by atomic mass is 10.7. The Kier molecular flexibility index (Phi) is 2.87. The van der Waals surface area contributed by atoms with Crippen molar-refractivity contribution in [2.45, 2.75) is 0 Å². The second-order valence-corrected chi connectivity index (χ2v) is 2.07. The Morgan fingerprint density at radius 3 is 2.14 bits per heavy atom. The van der Waals surface area contributed by atoms with E-state index in [1.54, 1.807) is 4.90 Å². The summed E-state index contributed by atoms with van der Waals surface area (Å²) < 4.78 is 0. The standard InChI is InChI=1S/C4H8NOS/c1-5(2)3-4(6)7/h3H2,1-2H3. The van der Waals surface area contributed by atoms with E-state index >= 15 is 0 Å². The van der Waals surface area contributed by atoms with Crippen LogP contribution in [0.15, 0.2) is 0 Å². The molecule has 0 aromatic heterocycles. The lowest BCUT2D eigenvalue weighted by Crippen LogP contribution is -2.17. The minimum absolute atomic E-state index is 0.204. The Morgan fingerprint density at radius 2 is 2.14 bits per heavy atom. The van der Waals surface area contributed by atoms with E-state index in [2.05, 4.69) is 12.6 Å². The number of rotatable bonds is 2. The minimum atomic E-state index is -0.204. The van der Waals surface area contributed by atoms with E-state index in [-0.39, 0.29) is 5.12 Å². The SMILES string of the molecule is CN(C)CC(=O)[S]. The van der Waals surface area contributed by atoms with Crippen molar-refractivity contribution in [1.82, 2.24) is 4.90 Å². The molecule has 7 heavy (non-hydrogen) atoms. The molecule has 41 valence electrons. The second kappa shape index (κ2) is 2.93. The molecule has 0 atom stereocenters. The smallest absolute Gasteiger partial charge is 0.232 e. The first kappa shape index (κ1) is 6.85. The van der Waals surface area contributed by atoms with Gasteiger partial charge >= 0.3 is 0 Å². The third kappa shape index (κ3) is 5.85. The van der Waals surface area contributed by atoms with Gasteiger partial charge in [0, 0.05) is 0 Å². The van der Waals surface area contributed by atoms with Gasteiger partial charge in [0.2, 0.25) is 5.12 Å². The van der Waals surface area contributed by atoms with Crippen LogP contribution >= 0.6 is 12.6 Å². The Balaban J connectivity index is 3.13. The van der Waals surface area contributed by atoms with Crippen LogP contribution in [0.4, 0.5) is 0 Å². The summed E-state index contributed by atoms with van der Waals surface area (Å²) in [4.78, 5) is 11.8. The largest absolute Gasteiger partial charge is 0.301 e. The first-order valence-electron chi connectivity index (χ1n) is 1.97. The molecule has 0 unspecified atom stereocenters. The molecule has 0 amide bonds. The van der Waals surface area contributed by atoms with Crippen LogP contribution in [-0.2, 0) is 4.79 Å². The van der Waals surface area contributed by atoms with Gasteiger partial charge in [-0.2, -0.15) is 0 Å². The van der Waals surface area contributed by atoms with Crippen LogP contribution in [0.2, 0.25) is 0 Å². The fraction of sp³-hybridized carbons (Fsp3) is 0.750. The highest BCUT2D eigenvalue weighted by atomic mass is 32.1. The lowest BCUT2D eigenvalue weighted by molar-refractivity contribution is -0.111. The summed E-state index contributed by atoms with van der Waals surface area (Å²) in [6, 6.07) is 0. The summed E-state index contributed by atoms with van der Waals surface area (Å²) in [6.45, 7) is 0.370. The number of hydrogen-bond donors (Lipinski definition) is 0. The van der Waals surface area contributed by atoms with Crippen molar-refractivity contribution in [3.8, 4) is 0 Å². The minimum Gasteiger partial charge on any atom is -0.301 e. The summed E-state index contributed by atoms with van der Waals surface area (Å²) in [5.41, 5.74) is 0. The molecule has 0 aliphatic heterocycles. The van der Waals surface area contributed by atoms with E-state index in [0.29, 0.717) is 6.54 Å². The van der Waals surface area contributed by atoms with Crippen molar-refractivity contribution in [2.24, 2.45) is 0 Å². The predicted molar refractivity (Wildman–Crippen MR) is 31.2 cm³/mol. The van der Waals surface area contributed by atoms with Gasteiger partial charge < -0.3 is 4.90 Å². The highest BCUT2D eigenvalue weighted by molar-refractivity contribution is 7.96. The zero-order valence-electron chi connectivity index (χ0n) is 4.47. The maximum atomic E-state index is 10.0. The van der Waals surface area contributed by atoms with E-state index in [9.17, 15) is 4.79 Å². The summed E-state index contributed by atoms with van der Waals surface area (Å²) in [6.07, 6.45) is 0. The van der Waals surface area contributed by atoms with Crippen molar-refractivity contribution >= 4 is 17.7 Å². The molecule has 0 aliphatic rings. The number of carbonyl (C=O) groups is 1. The average molecular weight is 118 g/mol. The fourth-order valence-electron chi connectivity index (χ4n) is 0.258. The Labute approximate surface area is 48.9 Å². The molecule has 0 saturated carbocycles. The number of hydrogen-bond acceptors (Lipinski definition) is 2. The van der Waals surface area contributed by atoms with E-state index in [0.717, 1.165) is 0 Å². The molecule has 0 aliphatic carbocycles. The summed E-state index contributed by atoms with van der Waals surface area (Å²) in [7, 11) is 3.62. The fourth-order valence-corrected chi connectivity index (χ4v) is 0.516. The van der Waals surface area contributed by atoms with Crippen molar-refractivity contribution in [3.63, 3.8) is 0 Å². The molecule has 0 fully saturated rings. The summed E-state index contributed by atoms with van der Waals surface area (Å²) in [5.74, 6) is 0. The Bertz CT molecular complexity index is 72.1. The molecule has 0 rings (SSSR count). The van der Waals surface area contributed by atoms with Gasteiger partial charge in [-0.05, 0) is 26.7 Å². The van der Waals surface area contributed by atoms with Crippen LogP contribution in [0, 0.1) is 0 Å². The Morgan fingerprint density at radius 1 is 1.71 bits per heavy atom. The molecule has 1 radical (unpaired) electrons. The molecule has 0 heterocycles. The highest BCUT2D eigenvalue weighted by Gasteiger charge is 1.94. The first-order valence-corrected chi connectivity index (χ1v) is 2.38. The van der Waals surface area contributed by atoms with Gasteiger partial charge in [0.05, 0.1) is 6.54 Å². The third-order valence-electron chi connectivity index (χ3n) is 0.445. The number of carbonyl (C=O) groups excluding carboxylic acids is 1. The monoisotopic (exact) mass is 118 g/mol. The van der Waals surface area contributed by atoms with Crippen molar-refractivity contribution < 1.29 is 4.79 Å². The van der Waals surface area contributed by atoms with Crippen LogP contribution in [0.3, 0.4) is 0 Å². The molecule has 0 bridgehead atoms. The molecular weight excluding hydrogens is 110 g/mol. The normalized spacial score (nSPS) is 9.57. The maximum Gasteiger partial charge on any atom is 0.232 e. The number of nitrogens with zero attached hydrogens (tertiary/aromatic N) is 1. The van der Waals surface area contributed by atoms with E-state index in [1.165, 1.54) is 0 Å². The molecule has 0 N–H and O–H groups in total. The van der Waals surface area contributed by atoms with Crippen LogP contribution in [0.1, 0.15) is 0 Å². The average Bonchev–Trinajstić information content (AvgIpc) is 1.27. The van der Waals surface area contributed by atoms with Gasteiger partial charge in [-0.1, -0.05) is 0 Å². The highest BCUT2D eigenvalue weighted by Crippen LogP contribution is 1.79. The molecule has 0 aromatic rings. The lowest BCUT2D eigenvalue weighted by Gasteiger charge is -2.01. The number of likely N-dealkylation sites (N-methyl/N-ethyl adjacent to an activating group) is 1. The van der Waals surface area contributed by atoms with Crippen LogP contribution in [0.25, 0.3) is 0 Å². The molecular formula is C4H8NOS. The molecule has 0 saturated heterocycles. The van der Waals surface area contributed by atoms with Gasteiger partial charge in [0.25, 0.3) is 0 Å². The van der Waals surface area contributed by atoms with Gasteiger partial charge in [-0.15, -0.1) is 0 Å². The van der Waals surface area contributed by atoms with E-state index in [4.69, 9.17) is 0 Å². The van der Waals surface area contributed by atoms with Gasteiger partial charge in [0.1, 0.15) is 0 Å². The van der Waals surface area contributed by atoms with Gasteiger partial charge in [-0.25, -0.2) is 0 Å². The van der Waals surface area contributed by atoms with Crippen LogP contribution in [0.5, 0.6) is 0 Å². The van der Waals surface area contributed by atoms with Crippen molar-refractivity contribution in [3.05, 3.63) is 0 Å². The predicted octanol–water partition coefficient (Wildman–Crippen LogP) is 0.272. The molecule has 0 aromatic carbocycles. The van der Waals surface area contributed by atoms with E-state index < -0.39 is 0 Å². The van der Waals surface area contributed by atoms with Gasteiger partial charge in [0.15, 0.2) is 0 Å². The quantitative estimate of drug-likeness (QED) is 0.519. The first-order chi connectivity index (χ1) is 3.13. The molecule has 0 spiro atoms. The Hall–Kier alpha value is -0.150. The maximum absolute atomic E-state index is 10.0. The third-order valence-corrected chi connectivity index (χ3v) is 0.574. The van der Waals surface area contributed by atoms with Crippen LogP contribution in [-0.4, -0.2) is 30.7 Å². The van der Waals surface area contributed by atoms with Crippen LogP contribution < -0.4 is 0 Å². The zero-order chi connectivity index (χ0) is 5.86. The van der Waals surface area contributed by atoms with Gasteiger partial charge in [-0.3, -0.25) is 4.79 Å². The summed E-state index contributed by atoms with van der Waals surface area (Å²) >= 11 is 4.27. The molecule has 3 heteroatoms. The van der Waals surface area contributed by atoms with E-state index in [1.807, 2.05) is 14.1 Å². The topological polar surface area (TPSA) is 20.3 Å². The molecule has 2 nitrogen and oxygen atoms in total.